The van der Waals surface area contributed by atoms with E-state index in [4.69, 9.17) is 9.47 Å². The Kier molecular flexibility index (Phi) is 5.90. The number of carbonyl (C=O) groups is 2. The monoisotopic (exact) mass is 403 g/mol. The van der Waals surface area contributed by atoms with Crippen molar-refractivity contribution >= 4 is 23.0 Å². The SMILES string of the molecule is CC(=O)COCC(=O)Nc1ncnn2c([C@]3(C#N)O[C@H](CO)[C@@H](C)[C@H]3O)ccc12. The van der Waals surface area contributed by atoms with Crippen molar-refractivity contribution in [3.05, 3.63) is 24.2 Å². The minimum atomic E-state index is -1.74. The van der Waals surface area contributed by atoms with Crippen LogP contribution in [0, 0.1) is 17.2 Å². The van der Waals surface area contributed by atoms with Crippen molar-refractivity contribution in [2.24, 2.45) is 5.92 Å². The fourth-order valence-corrected chi connectivity index (χ4v) is 3.32. The average Bonchev–Trinajstić information content (AvgIpc) is 3.23. The highest BCUT2D eigenvalue weighted by Crippen LogP contribution is 2.43. The number of aliphatic hydroxyl groups excluding tert-OH is 2. The molecule has 11 nitrogen and oxygen atoms in total. The third-order valence-corrected chi connectivity index (χ3v) is 4.81. The number of Topliss-reactive ketones (excluding diaryl/α,β-unsaturated/α-hetero) is 1. The zero-order valence-electron chi connectivity index (χ0n) is 15.9. The van der Waals surface area contributed by atoms with E-state index < -0.39 is 29.6 Å². The molecule has 3 N–H and O–H groups in total. The quantitative estimate of drug-likeness (QED) is 0.547. The molecular formula is C18H21N5O6. The van der Waals surface area contributed by atoms with Crippen LogP contribution < -0.4 is 5.32 Å². The summed E-state index contributed by atoms with van der Waals surface area (Å²) < 4.78 is 12.1. The van der Waals surface area contributed by atoms with Crippen LogP contribution in [-0.4, -0.2) is 68.5 Å². The van der Waals surface area contributed by atoms with Crippen LogP contribution in [0.4, 0.5) is 5.82 Å². The highest BCUT2D eigenvalue weighted by atomic mass is 16.5. The lowest BCUT2D eigenvalue weighted by Crippen LogP contribution is -2.38. The maximum Gasteiger partial charge on any atom is 0.251 e. The lowest BCUT2D eigenvalue weighted by molar-refractivity contribution is -0.125. The minimum Gasteiger partial charge on any atom is -0.394 e. The first-order valence-electron chi connectivity index (χ1n) is 8.92. The second-order valence-electron chi connectivity index (χ2n) is 6.86. The molecule has 2 aromatic heterocycles. The van der Waals surface area contributed by atoms with E-state index in [1.807, 2.05) is 6.07 Å². The van der Waals surface area contributed by atoms with Crippen LogP contribution in [0.1, 0.15) is 19.5 Å². The highest BCUT2D eigenvalue weighted by Gasteiger charge is 2.55. The molecular weight excluding hydrogens is 382 g/mol. The number of rotatable bonds is 7. The molecule has 1 aliphatic heterocycles. The Bertz CT molecular complexity index is 969. The van der Waals surface area contributed by atoms with Crippen LogP contribution in [0.3, 0.4) is 0 Å². The predicted octanol–water partition coefficient (Wildman–Crippen LogP) is -0.620. The first-order chi connectivity index (χ1) is 13.8. The molecule has 1 amide bonds. The normalized spacial score (nSPS) is 26.4. The number of fused-ring (bicyclic) bond motifs is 1. The molecule has 0 aromatic carbocycles. The van der Waals surface area contributed by atoms with Gasteiger partial charge in [-0.25, -0.2) is 9.50 Å². The minimum absolute atomic E-state index is 0.162. The summed E-state index contributed by atoms with van der Waals surface area (Å²) in [6.07, 6.45) is -0.729. The van der Waals surface area contributed by atoms with Gasteiger partial charge in [-0.1, -0.05) is 6.92 Å². The summed E-state index contributed by atoms with van der Waals surface area (Å²) in [5, 5.41) is 36.6. The van der Waals surface area contributed by atoms with E-state index >= 15 is 0 Å². The van der Waals surface area contributed by atoms with E-state index in [1.54, 1.807) is 19.1 Å². The Labute approximate surface area is 165 Å². The number of aliphatic hydroxyl groups is 2. The van der Waals surface area contributed by atoms with E-state index in [-0.39, 0.29) is 37.1 Å². The largest absolute Gasteiger partial charge is 0.394 e. The fraction of sp³-hybridized carbons (Fsp3) is 0.500. The number of amides is 1. The number of nitrogens with zero attached hydrogens (tertiary/aromatic N) is 4. The number of hydrogen-bond donors (Lipinski definition) is 3. The number of ether oxygens (including phenoxy) is 2. The van der Waals surface area contributed by atoms with E-state index in [0.717, 1.165) is 0 Å². The number of ketones is 1. The summed E-state index contributed by atoms with van der Waals surface area (Å²) in [6, 6.07) is 5.13. The van der Waals surface area contributed by atoms with Gasteiger partial charge in [0.15, 0.2) is 11.6 Å². The van der Waals surface area contributed by atoms with E-state index in [1.165, 1.54) is 17.8 Å². The maximum absolute atomic E-state index is 12.0. The standard InChI is InChI=1S/C18H21N5O6/c1-10(25)6-28-7-15(26)22-17-12-3-4-14(23(12)21-9-20-17)18(8-19)16(27)11(2)13(5-24)29-18/h3-4,9,11,13,16,24,27H,5-7H2,1-2H3,(H,20,21,22,26)/t11-,13-,16-,18+/m1/s1. The first-order valence-corrected chi connectivity index (χ1v) is 8.92. The Balaban J connectivity index is 1.91. The molecule has 3 rings (SSSR count). The Hall–Kier alpha value is -2.91. The summed E-state index contributed by atoms with van der Waals surface area (Å²) in [7, 11) is 0. The maximum atomic E-state index is 12.0. The van der Waals surface area contributed by atoms with Crippen LogP contribution >= 0.6 is 0 Å². The van der Waals surface area contributed by atoms with Gasteiger partial charge >= 0.3 is 0 Å². The van der Waals surface area contributed by atoms with Crippen molar-refractivity contribution in [1.29, 1.82) is 5.26 Å². The van der Waals surface area contributed by atoms with Crippen LogP contribution in [0.2, 0.25) is 0 Å². The molecule has 1 saturated heterocycles. The highest BCUT2D eigenvalue weighted by molar-refractivity contribution is 5.94. The Morgan fingerprint density at radius 2 is 2.21 bits per heavy atom. The van der Waals surface area contributed by atoms with Gasteiger partial charge < -0.3 is 25.0 Å². The smallest absolute Gasteiger partial charge is 0.251 e. The molecule has 4 atom stereocenters. The van der Waals surface area contributed by atoms with Crippen molar-refractivity contribution in [3.63, 3.8) is 0 Å². The molecule has 29 heavy (non-hydrogen) atoms. The van der Waals surface area contributed by atoms with E-state index in [9.17, 15) is 25.1 Å². The van der Waals surface area contributed by atoms with Gasteiger partial charge in [-0.05, 0) is 19.1 Å². The van der Waals surface area contributed by atoms with Crippen LogP contribution in [-0.2, 0) is 24.7 Å². The molecule has 11 heteroatoms. The van der Waals surface area contributed by atoms with Gasteiger partial charge in [0, 0.05) is 5.92 Å². The van der Waals surface area contributed by atoms with E-state index in [2.05, 4.69) is 15.4 Å². The number of hydrogen-bond acceptors (Lipinski definition) is 9. The summed E-state index contributed by atoms with van der Waals surface area (Å²) in [5.41, 5.74) is -1.12. The van der Waals surface area contributed by atoms with Crippen molar-refractivity contribution in [3.8, 4) is 6.07 Å². The second-order valence-corrected chi connectivity index (χ2v) is 6.86. The number of nitrogens with one attached hydrogen (secondary N) is 1. The summed E-state index contributed by atoms with van der Waals surface area (Å²) in [6.45, 7) is 2.18. The van der Waals surface area contributed by atoms with Crippen molar-refractivity contribution in [2.45, 2.75) is 31.7 Å². The molecule has 3 heterocycles. The average molecular weight is 403 g/mol. The summed E-state index contributed by atoms with van der Waals surface area (Å²) >= 11 is 0. The molecule has 0 spiro atoms. The number of nitriles is 1. The molecule has 2 aromatic rings. The van der Waals surface area contributed by atoms with Crippen LogP contribution in [0.5, 0.6) is 0 Å². The zero-order chi connectivity index (χ0) is 21.2. The van der Waals surface area contributed by atoms with Gasteiger partial charge in [-0.15, -0.1) is 0 Å². The Morgan fingerprint density at radius 3 is 2.83 bits per heavy atom. The first kappa shape index (κ1) is 20.8. The molecule has 1 fully saturated rings. The van der Waals surface area contributed by atoms with Gasteiger partial charge in [0.1, 0.15) is 37.2 Å². The third kappa shape index (κ3) is 3.70. The topological polar surface area (TPSA) is 159 Å². The summed E-state index contributed by atoms with van der Waals surface area (Å²) in [4.78, 5) is 27.0. The van der Waals surface area contributed by atoms with Gasteiger partial charge in [0.2, 0.25) is 5.60 Å². The van der Waals surface area contributed by atoms with Gasteiger partial charge in [-0.2, -0.15) is 10.4 Å². The number of aromatic nitrogens is 3. The van der Waals surface area contributed by atoms with Gasteiger partial charge in [-0.3, -0.25) is 9.59 Å². The second kappa shape index (κ2) is 8.22. The molecule has 0 unspecified atom stereocenters. The fourth-order valence-electron chi connectivity index (χ4n) is 3.32. The lowest BCUT2D eigenvalue weighted by atomic mass is 9.88. The summed E-state index contributed by atoms with van der Waals surface area (Å²) in [5.74, 6) is -1.04. The van der Waals surface area contributed by atoms with Crippen molar-refractivity contribution in [2.75, 3.05) is 25.1 Å². The third-order valence-electron chi connectivity index (χ3n) is 4.81. The predicted molar refractivity (Wildman–Crippen MR) is 97.5 cm³/mol. The van der Waals surface area contributed by atoms with Crippen LogP contribution in [0.15, 0.2) is 18.5 Å². The molecule has 0 aliphatic carbocycles. The van der Waals surface area contributed by atoms with Crippen molar-refractivity contribution < 1.29 is 29.3 Å². The molecule has 0 saturated carbocycles. The van der Waals surface area contributed by atoms with E-state index in [0.29, 0.717) is 5.52 Å². The number of carbonyl (C=O) groups excluding carboxylic acids is 2. The lowest BCUT2D eigenvalue weighted by Gasteiger charge is -2.24. The zero-order valence-corrected chi connectivity index (χ0v) is 15.9. The van der Waals surface area contributed by atoms with Gasteiger partial charge in [0.05, 0.1) is 18.4 Å². The van der Waals surface area contributed by atoms with Crippen LogP contribution in [0.25, 0.3) is 5.52 Å². The van der Waals surface area contributed by atoms with Gasteiger partial charge in [0.25, 0.3) is 5.91 Å². The molecule has 0 radical (unpaired) electrons. The Morgan fingerprint density at radius 1 is 1.45 bits per heavy atom. The molecule has 1 aliphatic rings. The molecule has 154 valence electrons. The molecule has 0 bridgehead atoms. The number of anilines is 1. The van der Waals surface area contributed by atoms with Crippen molar-refractivity contribution in [1.82, 2.24) is 14.6 Å².